The minimum Gasteiger partial charge on any atom is -0.359 e. The lowest BCUT2D eigenvalue weighted by Gasteiger charge is -2.10. The number of rotatable bonds is 4. The molecule has 0 aliphatic carbocycles. The number of nitriles is 1. The van der Waals surface area contributed by atoms with Gasteiger partial charge in [-0.2, -0.15) is 5.26 Å². The molecule has 0 heterocycles. The van der Waals surface area contributed by atoms with Crippen molar-refractivity contribution in [3.05, 3.63) is 35.4 Å². The van der Waals surface area contributed by atoms with E-state index in [0.717, 1.165) is 22.9 Å². The Balaban J connectivity index is 2.82. The van der Waals surface area contributed by atoms with Gasteiger partial charge in [-0.25, -0.2) is 0 Å². The van der Waals surface area contributed by atoms with Gasteiger partial charge in [0.2, 0.25) is 0 Å². The van der Waals surface area contributed by atoms with Gasteiger partial charge in [0, 0.05) is 12.2 Å². The highest BCUT2D eigenvalue weighted by atomic mass is 32.2. The lowest BCUT2D eigenvalue weighted by Crippen LogP contribution is -2.02. The van der Waals surface area contributed by atoms with E-state index in [1.165, 1.54) is 0 Å². The Morgan fingerprint density at radius 2 is 2.00 bits per heavy atom. The van der Waals surface area contributed by atoms with Crippen LogP contribution in [-0.4, -0.2) is 16.7 Å². The summed E-state index contributed by atoms with van der Waals surface area (Å²) in [6.07, 6.45) is -0.560. The highest BCUT2D eigenvalue weighted by Crippen LogP contribution is 2.19. The van der Waals surface area contributed by atoms with Gasteiger partial charge in [-0.3, -0.25) is 10.8 Å². The average Bonchev–Trinajstić information content (AvgIpc) is 2.35. The van der Waals surface area contributed by atoms with Crippen LogP contribution in [0.15, 0.2) is 24.3 Å². The van der Waals surface area contributed by atoms with Crippen LogP contribution in [0.3, 0.4) is 0 Å². The quantitative estimate of drug-likeness (QED) is 0.644. The van der Waals surface area contributed by atoms with Gasteiger partial charge in [0.05, 0.1) is 11.1 Å². The molecule has 4 nitrogen and oxygen atoms in total. The van der Waals surface area contributed by atoms with Crippen molar-refractivity contribution in [1.82, 2.24) is 0 Å². The maximum atomic E-state index is 8.96. The van der Waals surface area contributed by atoms with Crippen molar-refractivity contribution in [2.45, 2.75) is 20.0 Å². The molecule has 1 rings (SSSR count). The third kappa shape index (κ3) is 3.99. The van der Waals surface area contributed by atoms with Gasteiger partial charge in [0.1, 0.15) is 5.04 Å². The van der Waals surface area contributed by atoms with Crippen molar-refractivity contribution < 1.29 is 4.74 Å². The molecule has 18 heavy (non-hydrogen) atoms. The fourth-order valence-electron chi connectivity index (χ4n) is 1.40. The van der Waals surface area contributed by atoms with Crippen LogP contribution in [0.1, 0.15) is 31.1 Å². The van der Waals surface area contributed by atoms with Crippen molar-refractivity contribution in [2.75, 3.05) is 6.61 Å². The summed E-state index contributed by atoms with van der Waals surface area (Å²) in [5.41, 5.74) is 1.52. The smallest absolute Gasteiger partial charge is 0.169 e. The fraction of sp³-hybridized carbons (Fsp3) is 0.308. The maximum absolute atomic E-state index is 8.96. The molecule has 0 saturated heterocycles. The number of thioether (sulfide) groups is 1. The predicted molar refractivity (Wildman–Crippen MR) is 74.2 cm³/mol. The van der Waals surface area contributed by atoms with Gasteiger partial charge in [0.25, 0.3) is 0 Å². The molecule has 5 heteroatoms. The summed E-state index contributed by atoms with van der Waals surface area (Å²) in [6, 6.07) is 9.20. The van der Waals surface area contributed by atoms with Gasteiger partial charge in [-0.15, -0.1) is 0 Å². The van der Waals surface area contributed by atoms with E-state index in [2.05, 4.69) is 6.07 Å². The van der Waals surface area contributed by atoms with E-state index in [9.17, 15) is 0 Å². The molecule has 2 N–H and O–H groups in total. The highest BCUT2D eigenvalue weighted by molar-refractivity contribution is 8.26. The first-order chi connectivity index (χ1) is 8.58. The second-order valence-electron chi connectivity index (χ2n) is 3.57. The van der Waals surface area contributed by atoms with Gasteiger partial charge >= 0.3 is 0 Å². The van der Waals surface area contributed by atoms with Crippen LogP contribution >= 0.6 is 11.8 Å². The molecule has 0 aromatic heterocycles. The average molecular weight is 261 g/mol. The Hall–Kier alpha value is -1.64. The molecule has 0 aliphatic heterocycles. The van der Waals surface area contributed by atoms with E-state index in [4.69, 9.17) is 20.8 Å². The molecule has 0 saturated carbocycles. The maximum Gasteiger partial charge on any atom is 0.169 e. The van der Waals surface area contributed by atoms with Gasteiger partial charge < -0.3 is 4.74 Å². The number of benzene rings is 1. The van der Waals surface area contributed by atoms with E-state index in [1.807, 2.05) is 6.92 Å². The summed E-state index contributed by atoms with van der Waals surface area (Å²) in [7, 11) is 0. The third-order valence-electron chi connectivity index (χ3n) is 2.18. The van der Waals surface area contributed by atoms with Crippen LogP contribution in [0, 0.1) is 22.1 Å². The largest absolute Gasteiger partial charge is 0.359 e. The number of hydrogen-bond donors (Lipinski definition) is 2. The van der Waals surface area contributed by atoms with E-state index in [1.54, 1.807) is 31.2 Å². The summed E-state index contributed by atoms with van der Waals surface area (Å²) in [5, 5.41) is 24.8. The summed E-state index contributed by atoms with van der Waals surface area (Å²) < 4.78 is 5.29. The summed E-state index contributed by atoms with van der Waals surface area (Å²) in [6.45, 7) is 3.98. The summed E-state index contributed by atoms with van der Waals surface area (Å²) in [4.78, 5) is 0. The third-order valence-corrected chi connectivity index (χ3v) is 2.93. The molecule has 1 aromatic carbocycles. The molecule has 0 amide bonds. The number of ether oxygens (including phenoxy) is 1. The van der Waals surface area contributed by atoms with Crippen molar-refractivity contribution >= 4 is 21.8 Å². The van der Waals surface area contributed by atoms with Crippen LogP contribution in [0.2, 0.25) is 0 Å². The minimum atomic E-state index is -0.560. The van der Waals surface area contributed by atoms with Crippen molar-refractivity contribution in [1.29, 1.82) is 16.1 Å². The van der Waals surface area contributed by atoms with Crippen LogP contribution in [-0.2, 0) is 4.74 Å². The molecule has 0 spiro atoms. The van der Waals surface area contributed by atoms with E-state index in [0.29, 0.717) is 16.7 Å². The Labute approximate surface area is 111 Å². The zero-order valence-corrected chi connectivity index (χ0v) is 11.2. The zero-order valence-electron chi connectivity index (χ0n) is 10.4. The topological polar surface area (TPSA) is 80.7 Å². The molecular formula is C13H15N3OS. The lowest BCUT2D eigenvalue weighted by atomic mass is 10.1. The number of nitrogens with zero attached hydrogens (tertiary/aromatic N) is 1. The Bertz CT molecular complexity index is 476. The first-order valence-electron chi connectivity index (χ1n) is 5.51. The molecule has 0 fully saturated rings. The fourth-order valence-corrected chi connectivity index (χ4v) is 1.96. The van der Waals surface area contributed by atoms with Gasteiger partial charge in [-0.1, -0.05) is 36.0 Å². The molecule has 94 valence electrons. The normalized spacial score (nSPS) is 11.6. The minimum absolute atomic E-state index is 0.332. The molecule has 0 bridgehead atoms. The molecule has 0 radical (unpaired) electrons. The van der Waals surface area contributed by atoms with E-state index >= 15 is 0 Å². The SMILES string of the molecule is CCOC(C#N)c1ccc(C(=N)SC(C)=N)cc1. The van der Waals surface area contributed by atoms with Crippen molar-refractivity contribution in [3.8, 4) is 6.07 Å². The monoisotopic (exact) mass is 261 g/mol. The molecule has 1 atom stereocenters. The molecule has 0 aliphatic rings. The first kappa shape index (κ1) is 14.4. The van der Waals surface area contributed by atoms with Crippen LogP contribution < -0.4 is 0 Å². The number of nitrogens with one attached hydrogen (secondary N) is 2. The number of hydrogen-bond acceptors (Lipinski definition) is 5. The van der Waals surface area contributed by atoms with E-state index in [-0.39, 0.29) is 0 Å². The molecular weight excluding hydrogens is 246 g/mol. The summed E-state index contributed by atoms with van der Waals surface area (Å²) >= 11 is 1.11. The van der Waals surface area contributed by atoms with Crippen LogP contribution in [0.5, 0.6) is 0 Å². The second kappa shape index (κ2) is 6.94. The van der Waals surface area contributed by atoms with Crippen LogP contribution in [0.4, 0.5) is 0 Å². The van der Waals surface area contributed by atoms with Gasteiger partial charge in [-0.05, 0) is 19.4 Å². The Morgan fingerprint density at radius 3 is 2.44 bits per heavy atom. The standard InChI is InChI=1S/C13H15N3OS/c1-3-17-12(8-14)10-4-6-11(7-5-10)13(16)18-9(2)15/h4-7,12,15-16H,3H2,1-2H3. The van der Waals surface area contributed by atoms with Gasteiger partial charge in [0.15, 0.2) is 6.10 Å². The Morgan fingerprint density at radius 1 is 1.39 bits per heavy atom. The van der Waals surface area contributed by atoms with Crippen molar-refractivity contribution in [3.63, 3.8) is 0 Å². The van der Waals surface area contributed by atoms with Crippen LogP contribution in [0.25, 0.3) is 0 Å². The highest BCUT2D eigenvalue weighted by Gasteiger charge is 2.10. The zero-order chi connectivity index (χ0) is 13.5. The molecule has 1 aromatic rings. The van der Waals surface area contributed by atoms with E-state index < -0.39 is 6.10 Å². The lowest BCUT2D eigenvalue weighted by molar-refractivity contribution is 0.102. The second-order valence-corrected chi connectivity index (χ2v) is 4.80. The first-order valence-corrected chi connectivity index (χ1v) is 6.33. The predicted octanol–water partition coefficient (Wildman–Crippen LogP) is 3.34. The summed E-state index contributed by atoms with van der Waals surface area (Å²) in [5.74, 6) is 0. The Kier molecular flexibility index (Phi) is 5.56. The molecule has 1 unspecified atom stereocenters. The van der Waals surface area contributed by atoms with Crippen molar-refractivity contribution in [2.24, 2.45) is 0 Å².